The van der Waals surface area contributed by atoms with Crippen molar-refractivity contribution in [1.82, 2.24) is 15.0 Å². The van der Waals surface area contributed by atoms with E-state index in [2.05, 4.69) is 20.3 Å². The van der Waals surface area contributed by atoms with E-state index in [9.17, 15) is 9.18 Å². The summed E-state index contributed by atoms with van der Waals surface area (Å²) in [4.78, 5) is 24.1. The Bertz CT molecular complexity index is 1130. The van der Waals surface area contributed by atoms with Crippen LogP contribution in [-0.2, 0) is 6.54 Å². The quantitative estimate of drug-likeness (QED) is 0.445. The molecule has 0 aliphatic carbocycles. The van der Waals surface area contributed by atoms with Gasteiger partial charge in [0.05, 0.1) is 12.2 Å². The number of hydrogen-bond acceptors (Lipinski definition) is 6. The minimum Gasteiger partial charge on any atom is -0.457 e. The third-order valence-corrected chi connectivity index (χ3v) is 4.24. The number of carbonyl (C=O) groups is 1. The van der Waals surface area contributed by atoms with Gasteiger partial charge in [0.25, 0.3) is 0 Å². The highest BCUT2D eigenvalue weighted by atomic mass is 19.1. The smallest absolute Gasteiger partial charge is 0.168 e. The van der Waals surface area contributed by atoms with E-state index in [1.54, 1.807) is 48.8 Å². The maximum Gasteiger partial charge on any atom is 0.168 e. The van der Waals surface area contributed by atoms with Crippen LogP contribution in [0.4, 0.5) is 10.1 Å². The number of halogens is 1. The van der Waals surface area contributed by atoms with Crippen LogP contribution < -0.4 is 10.1 Å². The van der Waals surface area contributed by atoms with Crippen molar-refractivity contribution in [2.75, 3.05) is 5.32 Å². The fraction of sp³-hybridized carbons (Fsp3) is 0.0435. The highest BCUT2D eigenvalue weighted by Crippen LogP contribution is 2.27. The van der Waals surface area contributed by atoms with Gasteiger partial charge in [0.1, 0.15) is 28.8 Å². The molecule has 148 valence electrons. The summed E-state index contributed by atoms with van der Waals surface area (Å²) in [6.45, 7) is 0.424. The summed E-state index contributed by atoms with van der Waals surface area (Å²) in [6.07, 6.45) is 4.06. The van der Waals surface area contributed by atoms with E-state index in [-0.39, 0.29) is 5.82 Å². The maximum atomic E-state index is 13.0. The summed E-state index contributed by atoms with van der Waals surface area (Å²) in [5.74, 6) is 1.48. The van der Waals surface area contributed by atoms with Gasteiger partial charge in [-0.25, -0.2) is 19.3 Å². The van der Waals surface area contributed by atoms with Gasteiger partial charge in [0, 0.05) is 23.6 Å². The van der Waals surface area contributed by atoms with Gasteiger partial charge in [0.15, 0.2) is 6.29 Å². The zero-order valence-electron chi connectivity index (χ0n) is 15.8. The van der Waals surface area contributed by atoms with Crippen LogP contribution in [0.3, 0.4) is 0 Å². The molecule has 4 rings (SSSR count). The van der Waals surface area contributed by atoms with Crippen LogP contribution in [-0.4, -0.2) is 21.2 Å². The van der Waals surface area contributed by atoms with Gasteiger partial charge in [-0.2, -0.15) is 0 Å². The molecule has 0 aliphatic heterocycles. The molecule has 2 aromatic heterocycles. The van der Waals surface area contributed by atoms with Crippen molar-refractivity contribution in [2.24, 2.45) is 0 Å². The Morgan fingerprint density at radius 3 is 2.27 bits per heavy atom. The molecule has 0 radical (unpaired) electrons. The van der Waals surface area contributed by atoms with E-state index in [0.717, 1.165) is 11.3 Å². The number of aromatic nitrogens is 3. The number of rotatable bonds is 7. The van der Waals surface area contributed by atoms with E-state index in [1.165, 1.54) is 12.1 Å². The fourth-order valence-corrected chi connectivity index (χ4v) is 2.80. The minimum absolute atomic E-state index is 0.315. The van der Waals surface area contributed by atoms with Gasteiger partial charge in [-0.05, 0) is 66.7 Å². The summed E-state index contributed by atoms with van der Waals surface area (Å²) in [6, 6.07) is 18.4. The summed E-state index contributed by atoms with van der Waals surface area (Å²) in [5.41, 5.74) is 2.52. The van der Waals surface area contributed by atoms with Crippen molar-refractivity contribution in [2.45, 2.75) is 6.54 Å². The SMILES string of the molecule is O=Cc1cc(NCc2ncccn2)cc(-c2ccc(Oc3ccc(F)cc3)cc2)n1. The lowest BCUT2D eigenvalue weighted by molar-refractivity contribution is 0.111. The second-order valence-corrected chi connectivity index (χ2v) is 6.38. The standard InChI is InChI=1S/C23H17FN4O2/c24-17-4-8-21(9-5-17)30-20-6-2-16(3-7-20)22-13-18(12-19(15-29)28-22)27-14-23-25-10-1-11-26-23/h1-13,15H,14H2,(H,27,28). The molecule has 0 amide bonds. The first-order chi connectivity index (χ1) is 14.7. The Morgan fingerprint density at radius 1 is 0.933 bits per heavy atom. The molecule has 0 bridgehead atoms. The molecular formula is C23H17FN4O2. The highest BCUT2D eigenvalue weighted by molar-refractivity contribution is 5.77. The first-order valence-corrected chi connectivity index (χ1v) is 9.20. The van der Waals surface area contributed by atoms with Gasteiger partial charge in [-0.15, -0.1) is 0 Å². The van der Waals surface area contributed by atoms with Crippen LogP contribution >= 0.6 is 0 Å². The number of carbonyl (C=O) groups excluding carboxylic acids is 1. The number of nitrogens with one attached hydrogen (secondary N) is 1. The molecular weight excluding hydrogens is 383 g/mol. The van der Waals surface area contributed by atoms with Crippen molar-refractivity contribution >= 4 is 12.0 Å². The third-order valence-electron chi connectivity index (χ3n) is 4.24. The summed E-state index contributed by atoms with van der Waals surface area (Å²) in [7, 11) is 0. The second kappa shape index (κ2) is 8.91. The normalized spacial score (nSPS) is 10.4. The van der Waals surface area contributed by atoms with Gasteiger partial charge in [-0.3, -0.25) is 4.79 Å². The number of aldehydes is 1. The predicted octanol–water partition coefficient (Wildman–Crippen LogP) is 4.89. The molecule has 0 unspecified atom stereocenters. The number of pyridine rings is 1. The first kappa shape index (κ1) is 19.2. The molecule has 0 aliphatic rings. The summed E-state index contributed by atoms with van der Waals surface area (Å²) in [5, 5.41) is 3.22. The van der Waals surface area contributed by atoms with Crippen molar-refractivity contribution in [1.29, 1.82) is 0 Å². The Balaban J connectivity index is 1.52. The zero-order valence-corrected chi connectivity index (χ0v) is 15.8. The number of anilines is 1. The van der Waals surface area contributed by atoms with Crippen molar-refractivity contribution in [3.8, 4) is 22.8 Å². The van der Waals surface area contributed by atoms with Crippen LogP contribution in [0, 0.1) is 5.82 Å². The molecule has 2 aromatic carbocycles. The number of nitrogens with zero attached hydrogens (tertiary/aromatic N) is 3. The monoisotopic (exact) mass is 400 g/mol. The van der Waals surface area contributed by atoms with Gasteiger partial charge >= 0.3 is 0 Å². The molecule has 0 fully saturated rings. The highest BCUT2D eigenvalue weighted by Gasteiger charge is 2.07. The molecule has 30 heavy (non-hydrogen) atoms. The maximum absolute atomic E-state index is 13.0. The van der Waals surface area contributed by atoms with Crippen LogP contribution in [0.5, 0.6) is 11.5 Å². The molecule has 2 heterocycles. The summed E-state index contributed by atoms with van der Waals surface area (Å²) < 4.78 is 18.7. The topological polar surface area (TPSA) is 77.0 Å². The summed E-state index contributed by atoms with van der Waals surface area (Å²) >= 11 is 0. The minimum atomic E-state index is -0.318. The average Bonchev–Trinajstić information content (AvgIpc) is 2.80. The third kappa shape index (κ3) is 4.82. The zero-order chi connectivity index (χ0) is 20.8. The Labute approximate surface area is 172 Å². The van der Waals surface area contributed by atoms with Crippen molar-refractivity contribution in [3.63, 3.8) is 0 Å². The van der Waals surface area contributed by atoms with E-state index in [0.29, 0.717) is 41.5 Å². The molecule has 4 aromatic rings. The van der Waals surface area contributed by atoms with E-state index in [4.69, 9.17) is 4.74 Å². The average molecular weight is 400 g/mol. The Morgan fingerprint density at radius 2 is 1.60 bits per heavy atom. The fourth-order valence-electron chi connectivity index (χ4n) is 2.80. The van der Waals surface area contributed by atoms with Gasteiger partial charge in [0.2, 0.25) is 0 Å². The lowest BCUT2D eigenvalue weighted by Gasteiger charge is -2.10. The van der Waals surface area contributed by atoms with E-state index >= 15 is 0 Å². The lowest BCUT2D eigenvalue weighted by atomic mass is 10.1. The molecule has 6 nitrogen and oxygen atoms in total. The van der Waals surface area contributed by atoms with E-state index in [1.807, 2.05) is 18.2 Å². The number of benzene rings is 2. The van der Waals surface area contributed by atoms with Crippen LogP contribution in [0.15, 0.2) is 79.1 Å². The Hall–Kier alpha value is -4.13. The molecule has 0 atom stereocenters. The number of ether oxygens (including phenoxy) is 1. The molecule has 1 N–H and O–H groups in total. The number of hydrogen-bond donors (Lipinski definition) is 1. The second-order valence-electron chi connectivity index (χ2n) is 6.38. The molecule has 0 spiro atoms. The van der Waals surface area contributed by atoms with Gasteiger partial charge < -0.3 is 10.1 Å². The predicted molar refractivity (Wildman–Crippen MR) is 111 cm³/mol. The molecule has 7 heteroatoms. The van der Waals surface area contributed by atoms with Gasteiger partial charge in [-0.1, -0.05) is 0 Å². The van der Waals surface area contributed by atoms with Crippen LogP contribution in [0.2, 0.25) is 0 Å². The van der Waals surface area contributed by atoms with Crippen LogP contribution in [0.25, 0.3) is 11.3 Å². The van der Waals surface area contributed by atoms with Crippen molar-refractivity contribution < 1.29 is 13.9 Å². The molecule has 0 saturated heterocycles. The van der Waals surface area contributed by atoms with Crippen LogP contribution in [0.1, 0.15) is 16.3 Å². The lowest BCUT2D eigenvalue weighted by Crippen LogP contribution is -2.04. The Kier molecular flexibility index (Phi) is 5.70. The largest absolute Gasteiger partial charge is 0.457 e. The van der Waals surface area contributed by atoms with E-state index < -0.39 is 0 Å². The first-order valence-electron chi connectivity index (χ1n) is 9.20. The van der Waals surface area contributed by atoms with Crippen molar-refractivity contribution in [3.05, 3.63) is 96.5 Å². The molecule has 0 saturated carbocycles.